The number of carbonyl (C=O) groups excluding carboxylic acids is 1. The van der Waals surface area contributed by atoms with Crippen LogP contribution < -0.4 is 5.73 Å². The quantitative estimate of drug-likeness (QED) is 0.932. The molecule has 0 aliphatic carbocycles. The standard InChI is InChI=1S/C18H26N2O2/c19-17(16-4-2-1-3-5-16)18(21)20-10-6-14(7-11-20)15-8-12-22-13-9-15/h1-5,14-15,17H,6-13,19H2. The fraction of sp³-hybridized carbons (Fsp3) is 0.611. The number of hydrogen-bond donors (Lipinski definition) is 1. The Hall–Kier alpha value is -1.39. The maximum absolute atomic E-state index is 12.6. The number of likely N-dealkylation sites (tertiary alicyclic amines) is 1. The first-order chi connectivity index (χ1) is 10.8. The van der Waals surface area contributed by atoms with E-state index < -0.39 is 6.04 Å². The summed E-state index contributed by atoms with van der Waals surface area (Å²) in [6.45, 7) is 3.51. The van der Waals surface area contributed by atoms with E-state index in [-0.39, 0.29) is 5.91 Å². The Morgan fingerprint density at radius 2 is 1.64 bits per heavy atom. The number of rotatable bonds is 3. The molecular weight excluding hydrogens is 276 g/mol. The van der Waals surface area contributed by atoms with Gasteiger partial charge in [0.2, 0.25) is 5.91 Å². The minimum atomic E-state index is -0.527. The Morgan fingerprint density at radius 3 is 2.27 bits per heavy atom. The number of carbonyl (C=O) groups is 1. The summed E-state index contributed by atoms with van der Waals surface area (Å²) in [7, 11) is 0. The lowest BCUT2D eigenvalue weighted by atomic mass is 9.80. The van der Waals surface area contributed by atoms with E-state index >= 15 is 0 Å². The smallest absolute Gasteiger partial charge is 0.244 e. The Morgan fingerprint density at radius 1 is 1.05 bits per heavy atom. The summed E-state index contributed by atoms with van der Waals surface area (Å²) in [6, 6.07) is 9.13. The van der Waals surface area contributed by atoms with Crippen molar-refractivity contribution in [2.45, 2.75) is 31.7 Å². The third-order valence-electron chi connectivity index (χ3n) is 5.21. The van der Waals surface area contributed by atoms with Crippen molar-refractivity contribution in [1.29, 1.82) is 0 Å². The van der Waals surface area contributed by atoms with Crippen molar-refractivity contribution in [2.75, 3.05) is 26.3 Å². The van der Waals surface area contributed by atoms with Gasteiger partial charge in [-0.15, -0.1) is 0 Å². The number of amides is 1. The largest absolute Gasteiger partial charge is 0.381 e. The molecule has 2 saturated heterocycles. The van der Waals surface area contributed by atoms with Crippen molar-refractivity contribution in [1.82, 2.24) is 4.90 Å². The lowest BCUT2D eigenvalue weighted by Gasteiger charge is -2.38. The van der Waals surface area contributed by atoms with Gasteiger partial charge in [0.25, 0.3) is 0 Å². The van der Waals surface area contributed by atoms with E-state index in [4.69, 9.17) is 10.5 Å². The summed E-state index contributed by atoms with van der Waals surface area (Å²) in [5.41, 5.74) is 7.04. The molecule has 0 radical (unpaired) electrons. The predicted molar refractivity (Wildman–Crippen MR) is 86.2 cm³/mol. The zero-order valence-corrected chi connectivity index (χ0v) is 13.1. The Balaban J connectivity index is 1.53. The van der Waals surface area contributed by atoms with Crippen molar-refractivity contribution < 1.29 is 9.53 Å². The fourth-order valence-electron chi connectivity index (χ4n) is 3.78. The first-order valence-electron chi connectivity index (χ1n) is 8.43. The summed E-state index contributed by atoms with van der Waals surface area (Å²) in [5, 5.41) is 0. The van der Waals surface area contributed by atoms with Gasteiger partial charge in [0.15, 0.2) is 0 Å². The second kappa shape index (κ2) is 7.25. The summed E-state index contributed by atoms with van der Waals surface area (Å²) >= 11 is 0. The van der Waals surface area contributed by atoms with Crippen LogP contribution in [0.15, 0.2) is 30.3 Å². The molecule has 1 amide bonds. The monoisotopic (exact) mass is 302 g/mol. The van der Waals surface area contributed by atoms with Gasteiger partial charge >= 0.3 is 0 Å². The van der Waals surface area contributed by atoms with Crippen LogP contribution in [-0.4, -0.2) is 37.1 Å². The fourth-order valence-corrected chi connectivity index (χ4v) is 3.78. The number of nitrogens with zero attached hydrogens (tertiary/aromatic N) is 1. The summed E-state index contributed by atoms with van der Waals surface area (Å²) < 4.78 is 5.45. The van der Waals surface area contributed by atoms with Crippen LogP contribution >= 0.6 is 0 Å². The molecule has 0 aromatic heterocycles. The van der Waals surface area contributed by atoms with Crippen molar-refractivity contribution >= 4 is 5.91 Å². The van der Waals surface area contributed by atoms with Crippen molar-refractivity contribution in [2.24, 2.45) is 17.6 Å². The van der Waals surface area contributed by atoms with E-state index in [2.05, 4.69) is 0 Å². The van der Waals surface area contributed by atoms with E-state index in [9.17, 15) is 4.79 Å². The number of nitrogens with two attached hydrogens (primary N) is 1. The van der Waals surface area contributed by atoms with Gasteiger partial charge in [-0.05, 0) is 43.1 Å². The van der Waals surface area contributed by atoms with Crippen LogP contribution in [0.2, 0.25) is 0 Å². The van der Waals surface area contributed by atoms with Gasteiger partial charge in [-0.25, -0.2) is 0 Å². The normalized spacial score (nSPS) is 22.5. The molecule has 2 aliphatic rings. The van der Waals surface area contributed by atoms with E-state index in [1.165, 1.54) is 12.8 Å². The Labute approximate surface area is 132 Å². The average molecular weight is 302 g/mol. The van der Waals surface area contributed by atoms with Crippen LogP contribution in [0, 0.1) is 11.8 Å². The van der Waals surface area contributed by atoms with E-state index in [0.717, 1.165) is 56.5 Å². The lowest BCUT2D eigenvalue weighted by Crippen LogP contribution is -2.44. The molecule has 3 rings (SSSR count). The van der Waals surface area contributed by atoms with Crippen LogP contribution in [0.5, 0.6) is 0 Å². The van der Waals surface area contributed by atoms with Crippen LogP contribution in [0.1, 0.15) is 37.3 Å². The average Bonchev–Trinajstić information content (AvgIpc) is 2.62. The number of benzene rings is 1. The number of piperidine rings is 1. The van der Waals surface area contributed by atoms with Gasteiger partial charge in [0.05, 0.1) is 0 Å². The molecule has 1 unspecified atom stereocenters. The van der Waals surface area contributed by atoms with Crippen molar-refractivity contribution in [3.8, 4) is 0 Å². The highest BCUT2D eigenvalue weighted by molar-refractivity contribution is 5.83. The molecule has 2 aliphatic heterocycles. The molecule has 22 heavy (non-hydrogen) atoms. The molecule has 0 spiro atoms. The molecule has 1 atom stereocenters. The SMILES string of the molecule is NC(C(=O)N1CCC(C2CCOCC2)CC1)c1ccccc1. The maximum atomic E-state index is 12.6. The molecular formula is C18H26N2O2. The van der Waals surface area contributed by atoms with E-state index in [1.807, 2.05) is 35.2 Å². The second-order valence-corrected chi connectivity index (χ2v) is 6.50. The van der Waals surface area contributed by atoms with Gasteiger partial charge in [-0.1, -0.05) is 30.3 Å². The molecule has 1 aromatic rings. The highest BCUT2D eigenvalue weighted by Gasteiger charge is 2.31. The zero-order chi connectivity index (χ0) is 15.4. The molecule has 0 bridgehead atoms. The van der Waals surface area contributed by atoms with Gasteiger partial charge in [0.1, 0.15) is 6.04 Å². The number of ether oxygens (including phenoxy) is 1. The molecule has 2 N–H and O–H groups in total. The third-order valence-corrected chi connectivity index (χ3v) is 5.21. The Kier molecular flexibility index (Phi) is 5.11. The molecule has 4 heteroatoms. The van der Waals surface area contributed by atoms with Crippen molar-refractivity contribution in [3.05, 3.63) is 35.9 Å². The highest BCUT2D eigenvalue weighted by atomic mass is 16.5. The van der Waals surface area contributed by atoms with Crippen molar-refractivity contribution in [3.63, 3.8) is 0 Å². The van der Waals surface area contributed by atoms with Crippen LogP contribution in [0.25, 0.3) is 0 Å². The van der Waals surface area contributed by atoms with E-state index in [1.54, 1.807) is 0 Å². The second-order valence-electron chi connectivity index (χ2n) is 6.50. The van der Waals surface area contributed by atoms with Gasteiger partial charge in [-0.2, -0.15) is 0 Å². The molecule has 4 nitrogen and oxygen atoms in total. The van der Waals surface area contributed by atoms with Gasteiger partial charge in [0, 0.05) is 26.3 Å². The first kappa shape index (κ1) is 15.5. The summed E-state index contributed by atoms with van der Waals surface area (Å²) in [6.07, 6.45) is 4.58. The summed E-state index contributed by atoms with van der Waals surface area (Å²) in [4.78, 5) is 14.5. The molecule has 2 heterocycles. The summed E-state index contributed by atoms with van der Waals surface area (Å²) in [5.74, 6) is 1.60. The van der Waals surface area contributed by atoms with Gasteiger partial charge < -0.3 is 15.4 Å². The minimum absolute atomic E-state index is 0.0663. The first-order valence-corrected chi connectivity index (χ1v) is 8.43. The van der Waals surface area contributed by atoms with Gasteiger partial charge in [-0.3, -0.25) is 4.79 Å². The number of hydrogen-bond acceptors (Lipinski definition) is 3. The van der Waals surface area contributed by atoms with Crippen LogP contribution in [-0.2, 0) is 9.53 Å². The van der Waals surface area contributed by atoms with Crippen LogP contribution in [0.3, 0.4) is 0 Å². The molecule has 120 valence electrons. The van der Waals surface area contributed by atoms with E-state index in [0.29, 0.717) is 0 Å². The molecule has 1 aromatic carbocycles. The third kappa shape index (κ3) is 3.50. The topological polar surface area (TPSA) is 55.6 Å². The minimum Gasteiger partial charge on any atom is -0.381 e. The predicted octanol–water partition coefficient (Wildman–Crippen LogP) is 2.35. The molecule has 0 saturated carbocycles. The maximum Gasteiger partial charge on any atom is 0.244 e. The zero-order valence-electron chi connectivity index (χ0n) is 13.1. The molecule has 2 fully saturated rings. The van der Waals surface area contributed by atoms with Crippen LogP contribution in [0.4, 0.5) is 0 Å². The highest BCUT2D eigenvalue weighted by Crippen LogP contribution is 2.32. The Bertz CT molecular complexity index is 477. The lowest BCUT2D eigenvalue weighted by molar-refractivity contribution is -0.134.